The van der Waals surface area contributed by atoms with E-state index in [1.807, 2.05) is 19.1 Å². The van der Waals surface area contributed by atoms with E-state index < -0.39 is 4.75 Å². The van der Waals surface area contributed by atoms with Gasteiger partial charge in [0.2, 0.25) is 0 Å². The van der Waals surface area contributed by atoms with Crippen molar-refractivity contribution in [3.05, 3.63) is 30.1 Å². The first-order chi connectivity index (χ1) is 10.1. The highest BCUT2D eigenvalue weighted by molar-refractivity contribution is 8.15. The van der Waals surface area contributed by atoms with Gasteiger partial charge in [0, 0.05) is 12.4 Å². The Morgan fingerprint density at radius 3 is 2.76 bits per heavy atom. The molecule has 2 saturated carbocycles. The van der Waals surface area contributed by atoms with Crippen LogP contribution in [0, 0.1) is 17.8 Å². The monoisotopic (exact) mass is 300 g/mol. The lowest BCUT2D eigenvalue weighted by molar-refractivity contribution is -0.119. The zero-order valence-electron chi connectivity index (χ0n) is 12.3. The van der Waals surface area contributed by atoms with Crippen LogP contribution in [0.4, 0.5) is 0 Å². The van der Waals surface area contributed by atoms with Gasteiger partial charge in [0.05, 0.1) is 5.04 Å². The van der Waals surface area contributed by atoms with Gasteiger partial charge in [-0.1, -0.05) is 18.2 Å². The molecule has 0 radical (unpaired) electrons. The van der Waals surface area contributed by atoms with Gasteiger partial charge in [-0.2, -0.15) is 0 Å². The van der Waals surface area contributed by atoms with Crippen molar-refractivity contribution in [3.63, 3.8) is 0 Å². The summed E-state index contributed by atoms with van der Waals surface area (Å²) >= 11 is 1.66. The molecular formula is C17H20N2OS. The van der Waals surface area contributed by atoms with Gasteiger partial charge in [-0.05, 0) is 68.1 Å². The molecule has 2 bridgehead atoms. The van der Waals surface area contributed by atoms with Crippen LogP contribution < -0.4 is 0 Å². The number of carbonyl (C=O) groups is 1. The van der Waals surface area contributed by atoms with Crippen LogP contribution in [0.3, 0.4) is 0 Å². The summed E-state index contributed by atoms with van der Waals surface area (Å²) in [4.78, 5) is 20.8. The average molecular weight is 300 g/mol. The summed E-state index contributed by atoms with van der Waals surface area (Å²) < 4.78 is -0.546. The van der Waals surface area contributed by atoms with E-state index in [0.29, 0.717) is 0 Å². The van der Waals surface area contributed by atoms with E-state index in [4.69, 9.17) is 0 Å². The normalized spacial score (nSPS) is 38.0. The fourth-order valence-corrected chi connectivity index (χ4v) is 5.60. The molecule has 1 aliphatic heterocycles. The minimum Gasteiger partial charge on any atom is -0.271 e. The third-order valence-corrected chi connectivity index (χ3v) is 6.82. The lowest BCUT2D eigenvalue weighted by Crippen LogP contribution is -2.24. The number of nitrogens with zero attached hydrogens (tertiary/aromatic N) is 2. The largest absolute Gasteiger partial charge is 0.271 e. The second-order valence-corrected chi connectivity index (χ2v) is 8.31. The van der Waals surface area contributed by atoms with E-state index in [1.165, 1.54) is 25.7 Å². The van der Waals surface area contributed by atoms with Crippen LogP contribution in [0.1, 0.15) is 44.6 Å². The molecular weight excluding hydrogens is 280 g/mol. The molecule has 0 saturated heterocycles. The Kier molecular flexibility index (Phi) is 3.18. The number of pyridine rings is 1. The van der Waals surface area contributed by atoms with Crippen molar-refractivity contribution in [2.45, 2.75) is 43.8 Å². The second kappa shape index (κ2) is 4.94. The molecule has 3 aliphatic rings. The Hall–Kier alpha value is -1.16. The minimum absolute atomic E-state index is 0.00291. The summed E-state index contributed by atoms with van der Waals surface area (Å²) in [6, 6.07) is 3.86. The van der Waals surface area contributed by atoms with Gasteiger partial charge < -0.3 is 0 Å². The second-order valence-electron chi connectivity index (χ2n) is 6.82. The summed E-state index contributed by atoms with van der Waals surface area (Å²) in [6.45, 7) is 1.99. The minimum atomic E-state index is -0.546. The Balaban J connectivity index is 1.50. The van der Waals surface area contributed by atoms with Gasteiger partial charge in [0.25, 0.3) is 5.91 Å². The fraction of sp³-hybridized carbons (Fsp3) is 0.588. The number of aliphatic imine (C=N–C) groups is 1. The number of aromatic nitrogens is 1. The highest BCUT2D eigenvalue weighted by Gasteiger charge is 2.45. The van der Waals surface area contributed by atoms with E-state index in [2.05, 4.69) is 9.98 Å². The van der Waals surface area contributed by atoms with Gasteiger partial charge in [0.15, 0.2) is 0 Å². The summed E-state index contributed by atoms with van der Waals surface area (Å²) in [6.07, 6.45) is 10.1. The molecule has 0 spiro atoms. The number of carbonyl (C=O) groups excluding carboxylic acids is 1. The predicted molar refractivity (Wildman–Crippen MR) is 85.2 cm³/mol. The molecule has 4 atom stereocenters. The first-order valence-electron chi connectivity index (χ1n) is 7.86. The molecule has 110 valence electrons. The predicted octanol–water partition coefficient (Wildman–Crippen LogP) is 3.80. The molecule has 21 heavy (non-hydrogen) atoms. The molecule has 1 aromatic rings. The maximum Gasteiger partial charge on any atom is 0.267 e. The smallest absolute Gasteiger partial charge is 0.267 e. The van der Waals surface area contributed by atoms with Crippen molar-refractivity contribution in [1.82, 2.24) is 4.98 Å². The first-order valence-corrected chi connectivity index (χ1v) is 8.68. The Labute approximate surface area is 129 Å². The maximum absolute atomic E-state index is 12.4. The van der Waals surface area contributed by atoms with Crippen molar-refractivity contribution < 1.29 is 4.79 Å². The van der Waals surface area contributed by atoms with E-state index in [-0.39, 0.29) is 5.91 Å². The van der Waals surface area contributed by atoms with E-state index in [9.17, 15) is 4.79 Å². The summed E-state index contributed by atoms with van der Waals surface area (Å²) in [7, 11) is 0. The Bertz CT molecular complexity index is 600. The molecule has 4 heteroatoms. The molecule has 1 amide bonds. The molecule has 4 rings (SSSR count). The molecule has 3 nitrogen and oxygen atoms in total. The van der Waals surface area contributed by atoms with Crippen molar-refractivity contribution in [3.8, 4) is 0 Å². The third kappa shape index (κ3) is 2.24. The average Bonchev–Trinajstić information content (AvgIpc) is 3.16. The first kappa shape index (κ1) is 13.5. The molecule has 1 aromatic heterocycles. The summed E-state index contributed by atoms with van der Waals surface area (Å²) in [5.41, 5.74) is 1.01. The molecule has 2 fully saturated rings. The van der Waals surface area contributed by atoms with Gasteiger partial charge in [0.1, 0.15) is 4.75 Å². The van der Waals surface area contributed by atoms with E-state index in [0.717, 1.165) is 34.8 Å². The number of amides is 1. The van der Waals surface area contributed by atoms with Gasteiger partial charge in [-0.15, -0.1) is 0 Å². The van der Waals surface area contributed by atoms with Crippen LogP contribution >= 0.6 is 11.8 Å². The fourth-order valence-electron chi connectivity index (χ4n) is 4.31. The number of rotatable bonds is 3. The highest BCUT2D eigenvalue weighted by Crippen LogP contribution is 2.52. The maximum atomic E-state index is 12.4. The number of fused-ring (bicyclic) bond motifs is 2. The quantitative estimate of drug-likeness (QED) is 0.853. The van der Waals surface area contributed by atoms with Crippen LogP contribution in [0.15, 0.2) is 29.5 Å². The van der Waals surface area contributed by atoms with Crippen molar-refractivity contribution >= 4 is 22.7 Å². The topological polar surface area (TPSA) is 42.3 Å². The highest BCUT2D eigenvalue weighted by atomic mass is 32.2. The Morgan fingerprint density at radius 2 is 2.10 bits per heavy atom. The SMILES string of the molecule is CC1(c2ccncc2)SC(C[C@H]2C[C@@H]3CC[C@H]2C3)=NC1=O. The lowest BCUT2D eigenvalue weighted by Gasteiger charge is -2.23. The van der Waals surface area contributed by atoms with Crippen molar-refractivity contribution in [1.29, 1.82) is 0 Å². The van der Waals surface area contributed by atoms with E-state index in [1.54, 1.807) is 24.2 Å². The number of hydrogen-bond donors (Lipinski definition) is 0. The van der Waals surface area contributed by atoms with Crippen LogP contribution in [-0.2, 0) is 9.54 Å². The zero-order chi connectivity index (χ0) is 14.4. The standard InChI is InChI=1S/C17H20N2OS/c1-17(14-4-6-18-7-5-14)16(20)19-15(21-17)10-13-9-11-2-3-12(13)8-11/h4-7,11-13H,2-3,8-10H2,1H3/t11-,12+,13-,17?/m1/s1. The van der Waals surface area contributed by atoms with Gasteiger partial charge in [-0.3, -0.25) is 9.78 Å². The summed E-state index contributed by atoms with van der Waals surface area (Å²) in [5.74, 6) is 2.61. The molecule has 1 unspecified atom stereocenters. The molecule has 2 heterocycles. The van der Waals surface area contributed by atoms with Gasteiger partial charge in [-0.25, -0.2) is 4.99 Å². The lowest BCUT2D eigenvalue weighted by atomic mass is 9.87. The van der Waals surface area contributed by atoms with Crippen LogP contribution in [0.2, 0.25) is 0 Å². The molecule has 0 N–H and O–H groups in total. The van der Waals surface area contributed by atoms with Crippen LogP contribution in [0.25, 0.3) is 0 Å². The van der Waals surface area contributed by atoms with E-state index >= 15 is 0 Å². The molecule has 2 aliphatic carbocycles. The zero-order valence-corrected chi connectivity index (χ0v) is 13.1. The summed E-state index contributed by atoms with van der Waals surface area (Å²) in [5, 5.41) is 1.05. The van der Waals surface area contributed by atoms with Gasteiger partial charge >= 0.3 is 0 Å². The molecule has 0 aromatic carbocycles. The third-order valence-electron chi connectivity index (χ3n) is 5.51. The van der Waals surface area contributed by atoms with Crippen molar-refractivity contribution in [2.24, 2.45) is 22.7 Å². The number of thioether (sulfide) groups is 1. The Morgan fingerprint density at radius 1 is 1.29 bits per heavy atom. The van der Waals surface area contributed by atoms with Crippen molar-refractivity contribution in [2.75, 3.05) is 0 Å². The number of hydrogen-bond acceptors (Lipinski definition) is 3. The van der Waals surface area contributed by atoms with Crippen LogP contribution in [-0.4, -0.2) is 15.9 Å². The van der Waals surface area contributed by atoms with Crippen LogP contribution in [0.5, 0.6) is 0 Å².